The Labute approximate surface area is 117 Å². The van der Waals surface area contributed by atoms with Gasteiger partial charge in [-0.1, -0.05) is 57.4 Å². The molecule has 0 aliphatic carbocycles. The highest BCUT2D eigenvalue weighted by Crippen LogP contribution is 2.36. The van der Waals surface area contributed by atoms with Gasteiger partial charge in [-0.25, -0.2) is 0 Å². The van der Waals surface area contributed by atoms with Gasteiger partial charge in [0.25, 0.3) is 0 Å². The Hall–Kier alpha value is -1.50. The molecule has 102 valence electrons. The second-order valence-electron chi connectivity index (χ2n) is 5.42. The number of benzene rings is 1. The minimum absolute atomic E-state index is 1.14. The Morgan fingerprint density at radius 2 is 1.79 bits per heavy atom. The Balaban J connectivity index is 1.98. The summed E-state index contributed by atoms with van der Waals surface area (Å²) in [4.78, 5) is 0. The highest BCUT2D eigenvalue weighted by molar-refractivity contribution is 5.88. The predicted octanol–water partition coefficient (Wildman–Crippen LogP) is 5.76. The maximum Gasteiger partial charge on any atom is 0.0461 e. The average Bonchev–Trinajstić information content (AvgIpc) is 2.44. The van der Waals surface area contributed by atoms with Crippen molar-refractivity contribution >= 4 is 11.3 Å². The molecule has 1 aromatic carbocycles. The van der Waals surface area contributed by atoms with E-state index < -0.39 is 0 Å². The molecule has 1 N–H and O–H groups in total. The Bertz CT molecular complexity index is 482. The predicted molar refractivity (Wildman–Crippen MR) is 85.2 cm³/mol. The monoisotopic (exact) mass is 255 g/mol. The zero-order valence-electron chi connectivity index (χ0n) is 12.3. The SMILES string of the molecule is C=C1C(C)=C(CCCCCCC)Nc2ccccc21. The lowest BCUT2D eigenvalue weighted by atomic mass is 9.92. The van der Waals surface area contributed by atoms with Gasteiger partial charge in [0.1, 0.15) is 0 Å². The van der Waals surface area contributed by atoms with Crippen molar-refractivity contribution in [2.45, 2.75) is 52.4 Å². The lowest BCUT2D eigenvalue weighted by molar-refractivity contribution is 0.630. The molecule has 1 heteroatoms. The molecule has 1 aliphatic heterocycles. The summed E-state index contributed by atoms with van der Waals surface area (Å²) < 4.78 is 0. The lowest BCUT2D eigenvalue weighted by Crippen LogP contribution is -2.10. The average molecular weight is 255 g/mol. The van der Waals surface area contributed by atoms with Crippen molar-refractivity contribution < 1.29 is 0 Å². The van der Waals surface area contributed by atoms with Crippen LogP contribution in [0, 0.1) is 0 Å². The van der Waals surface area contributed by atoms with Gasteiger partial charge in [-0.05, 0) is 37.0 Å². The van der Waals surface area contributed by atoms with Crippen molar-refractivity contribution in [2.75, 3.05) is 5.32 Å². The molecule has 1 aromatic rings. The van der Waals surface area contributed by atoms with Crippen LogP contribution in [0.5, 0.6) is 0 Å². The summed E-state index contributed by atoms with van der Waals surface area (Å²) >= 11 is 0. The number of hydrogen-bond acceptors (Lipinski definition) is 1. The third-order valence-electron chi connectivity index (χ3n) is 3.97. The normalized spacial score (nSPS) is 14.3. The van der Waals surface area contributed by atoms with Crippen LogP contribution >= 0.6 is 0 Å². The molecule has 1 heterocycles. The van der Waals surface area contributed by atoms with E-state index in [0.29, 0.717) is 0 Å². The van der Waals surface area contributed by atoms with Gasteiger partial charge in [0, 0.05) is 16.9 Å². The van der Waals surface area contributed by atoms with Crippen molar-refractivity contribution in [3.05, 3.63) is 47.7 Å². The standard InChI is InChI=1S/C18H25N/c1-4-5-6-7-8-12-17-15(3)14(2)16-11-9-10-13-18(16)19-17/h9-11,13,19H,2,4-8,12H2,1,3H3. The fourth-order valence-electron chi connectivity index (χ4n) is 2.65. The maximum atomic E-state index is 4.25. The van der Waals surface area contributed by atoms with E-state index in [-0.39, 0.29) is 0 Å². The highest BCUT2D eigenvalue weighted by atomic mass is 14.9. The van der Waals surface area contributed by atoms with Gasteiger partial charge in [0.2, 0.25) is 0 Å². The molecule has 0 atom stereocenters. The number of rotatable bonds is 6. The Morgan fingerprint density at radius 3 is 2.58 bits per heavy atom. The summed E-state index contributed by atoms with van der Waals surface area (Å²) in [5.74, 6) is 0. The molecule has 1 aliphatic rings. The summed E-state index contributed by atoms with van der Waals surface area (Å²) in [6.45, 7) is 8.69. The van der Waals surface area contributed by atoms with Gasteiger partial charge in [-0.2, -0.15) is 0 Å². The van der Waals surface area contributed by atoms with Crippen LogP contribution in [0.4, 0.5) is 5.69 Å². The topological polar surface area (TPSA) is 12.0 Å². The van der Waals surface area contributed by atoms with Crippen LogP contribution in [0.15, 0.2) is 42.1 Å². The molecule has 1 nitrogen and oxygen atoms in total. The number of allylic oxidation sites excluding steroid dienone is 3. The number of unbranched alkanes of at least 4 members (excludes halogenated alkanes) is 4. The molecule has 0 saturated heterocycles. The van der Waals surface area contributed by atoms with E-state index >= 15 is 0 Å². The molecule has 0 saturated carbocycles. The molecule has 0 spiro atoms. The zero-order chi connectivity index (χ0) is 13.7. The van der Waals surface area contributed by atoms with Crippen LogP contribution in [0.3, 0.4) is 0 Å². The van der Waals surface area contributed by atoms with E-state index in [1.807, 2.05) is 0 Å². The fraction of sp³-hybridized carbons (Fsp3) is 0.444. The number of nitrogens with one attached hydrogen (secondary N) is 1. The summed E-state index contributed by atoms with van der Waals surface area (Å²) in [5.41, 5.74) is 6.32. The van der Waals surface area contributed by atoms with E-state index in [0.717, 1.165) is 6.42 Å². The summed E-state index contributed by atoms with van der Waals surface area (Å²) in [6.07, 6.45) is 7.78. The van der Waals surface area contributed by atoms with E-state index in [1.165, 1.54) is 60.2 Å². The van der Waals surface area contributed by atoms with Gasteiger partial charge in [-0.15, -0.1) is 0 Å². The second-order valence-corrected chi connectivity index (χ2v) is 5.42. The molecule has 19 heavy (non-hydrogen) atoms. The molecular weight excluding hydrogens is 230 g/mol. The number of para-hydroxylation sites is 1. The van der Waals surface area contributed by atoms with Gasteiger partial charge < -0.3 is 5.32 Å². The van der Waals surface area contributed by atoms with Crippen molar-refractivity contribution in [3.8, 4) is 0 Å². The third kappa shape index (κ3) is 3.28. The van der Waals surface area contributed by atoms with E-state index in [4.69, 9.17) is 0 Å². The first-order valence-electron chi connectivity index (χ1n) is 7.49. The maximum absolute atomic E-state index is 4.25. The van der Waals surface area contributed by atoms with E-state index in [1.54, 1.807) is 0 Å². The number of fused-ring (bicyclic) bond motifs is 1. The third-order valence-corrected chi connectivity index (χ3v) is 3.97. The van der Waals surface area contributed by atoms with Crippen molar-refractivity contribution in [1.29, 1.82) is 0 Å². The molecule has 0 radical (unpaired) electrons. The molecule has 0 unspecified atom stereocenters. The van der Waals surface area contributed by atoms with Crippen LogP contribution in [0.1, 0.15) is 57.9 Å². The minimum Gasteiger partial charge on any atom is -0.358 e. The second kappa shape index (κ2) is 6.60. The first kappa shape index (κ1) is 13.9. The minimum atomic E-state index is 1.14. The fourth-order valence-corrected chi connectivity index (χ4v) is 2.65. The van der Waals surface area contributed by atoms with Crippen molar-refractivity contribution in [3.63, 3.8) is 0 Å². The first-order chi connectivity index (χ1) is 9.24. The van der Waals surface area contributed by atoms with Crippen LogP contribution in [-0.4, -0.2) is 0 Å². The van der Waals surface area contributed by atoms with Gasteiger partial charge in [0.15, 0.2) is 0 Å². The van der Waals surface area contributed by atoms with Gasteiger partial charge in [0.05, 0.1) is 0 Å². The van der Waals surface area contributed by atoms with Crippen LogP contribution in [-0.2, 0) is 0 Å². The van der Waals surface area contributed by atoms with E-state index in [2.05, 4.69) is 50.0 Å². The molecule has 2 rings (SSSR count). The van der Waals surface area contributed by atoms with Crippen molar-refractivity contribution in [1.82, 2.24) is 0 Å². The van der Waals surface area contributed by atoms with Gasteiger partial charge in [-0.3, -0.25) is 0 Å². The van der Waals surface area contributed by atoms with E-state index in [9.17, 15) is 0 Å². The zero-order valence-corrected chi connectivity index (χ0v) is 12.3. The lowest BCUT2D eigenvalue weighted by Gasteiger charge is -2.25. The van der Waals surface area contributed by atoms with Crippen LogP contribution in [0.25, 0.3) is 5.57 Å². The van der Waals surface area contributed by atoms with Crippen LogP contribution in [0.2, 0.25) is 0 Å². The summed E-state index contributed by atoms with van der Waals surface area (Å²) in [7, 11) is 0. The summed E-state index contributed by atoms with van der Waals surface area (Å²) in [6, 6.07) is 8.45. The molecular formula is C18H25N. The largest absolute Gasteiger partial charge is 0.358 e. The van der Waals surface area contributed by atoms with Crippen molar-refractivity contribution in [2.24, 2.45) is 0 Å². The molecule has 0 aromatic heterocycles. The van der Waals surface area contributed by atoms with Gasteiger partial charge >= 0.3 is 0 Å². The number of anilines is 1. The van der Waals surface area contributed by atoms with Crippen LogP contribution < -0.4 is 5.32 Å². The molecule has 0 bridgehead atoms. The molecule has 0 fully saturated rings. The Morgan fingerprint density at radius 1 is 1.05 bits per heavy atom. The highest BCUT2D eigenvalue weighted by Gasteiger charge is 2.17. The Kier molecular flexibility index (Phi) is 4.84. The molecule has 0 amide bonds. The summed E-state index contributed by atoms with van der Waals surface area (Å²) in [5, 5.41) is 3.59. The number of hydrogen-bond donors (Lipinski definition) is 1. The quantitative estimate of drug-likeness (QED) is 0.637. The smallest absolute Gasteiger partial charge is 0.0461 e. The first-order valence-corrected chi connectivity index (χ1v) is 7.49.